The fourth-order valence-electron chi connectivity index (χ4n) is 2.95. The van der Waals surface area contributed by atoms with Gasteiger partial charge in [0, 0.05) is 5.41 Å². The van der Waals surface area contributed by atoms with Gasteiger partial charge in [-0.05, 0) is 36.1 Å². The Hall–Kier alpha value is -2.30. The summed E-state index contributed by atoms with van der Waals surface area (Å²) in [5.41, 5.74) is 2.37. The molecule has 1 fully saturated rings. The molecule has 5 heteroatoms. The van der Waals surface area contributed by atoms with Crippen molar-refractivity contribution in [1.29, 1.82) is 0 Å². The summed E-state index contributed by atoms with van der Waals surface area (Å²) in [5, 5.41) is 4.11. The molecular weight excluding hydrogens is 315 g/mol. The SMILES string of the molecule is CC1(c2ccccc2)CC(=NOCc2ccc(C(F)(F)F)cc2)C1. The van der Waals surface area contributed by atoms with Crippen LogP contribution < -0.4 is 0 Å². The van der Waals surface area contributed by atoms with E-state index >= 15 is 0 Å². The lowest BCUT2D eigenvalue weighted by Crippen LogP contribution is -2.39. The van der Waals surface area contributed by atoms with Crippen molar-refractivity contribution >= 4 is 5.71 Å². The van der Waals surface area contributed by atoms with Gasteiger partial charge in [-0.1, -0.05) is 54.5 Å². The van der Waals surface area contributed by atoms with Gasteiger partial charge in [0.2, 0.25) is 0 Å². The smallest absolute Gasteiger partial charge is 0.391 e. The van der Waals surface area contributed by atoms with E-state index in [4.69, 9.17) is 4.84 Å². The molecule has 0 N–H and O–H groups in total. The first-order valence-corrected chi connectivity index (χ1v) is 7.76. The minimum Gasteiger partial charge on any atom is -0.391 e. The Labute approximate surface area is 138 Å². The molecule has 0 aliphatic heterocycles. The molecule has 1 saturated carbocycles. The average Bonchev–Trinajstić information content (AvgIpc) is 2.53. The molecular formula is C19H18F3NO. The van der Waals surface area contributed by atoms with Crippen molar-refractivity contribution < 1.29 is 18.0 Å². The molecule has 1 aliphatic carbocycles. The standard InChI is InChI=1S/C19H18F3NO/c1-18(15-5-3-2-4-6-15)11-17(12-18)23-24-13-14-7-9-16(10-8-14)19(20,21)22/h2-10H,11-13H2,1H3. The van der Waals surface area contributed by atoms with Gasteiger partial charge < -0.3 is 4.84 Å². The third-order valence-electron chi connectivity index (χ3n) is 4.37. The number of hydrogen-bond donors (Lipinski definition) is 0. The van der Waals surface area contributed by atoms with Crippen LogP contribution >= 0.6 is 0 Å². The lowest BCUT2D eigenvalue weighted by Gasteiger charge is -2.39. The highest BCUT2D eigenvalue weighted by Gasteiger charge is 2.39. The quantitative estimate of drug-likeness (QED) is 0.693. The summed E-state index contributed by atoms with van der Waals surface area (Å²) in [7, 11) is 0. The van der Waals surface area contributed by atoms with Crippen LogP contribution in [0.3, 0.4) is 0 Å². The number of nitrogens with zero attached hydrogens (tertiary/aromatic N) is 1. The maximum atomic E-state index is 12.5. The summed E-state index contributed by atoms with van der Waals surface area (Å²) < 4.78 is 37.5. The van der Waals surface area contributed by atoms with E-state index in [-0.39, 0.29) is 12.0 Å². The first-order valence-electron chi connectivity index (χ1n) is 7.76. The van der Waals surface area contributed by atoms with Crippen LogP contribution in [0.2, 0.25) is 0 Å². The highest BCUT2D eigenvalue weighted by atomic mass is 19.4. The maximum Gasteiger partial charge on any atom is 0.416 e. The molecule has 0 unspecified atom stereocenters. The van der Waals surface area contributed by atoms with Crippen LogP contribution in [0, 0.1) is 0 Å². The van der Waals surface area contributed by atoms with Gasteiger partial charge in [-0.15, -0.1) is 0 Å². The zero-order valence-corrected chi connectivity index (χ0v) is 13.3. The highest BCUT2D eigenvalue weighted by molar-refractivity contribution is 5.93. The van der Waals surface area contributed by atoms with Crippen LogP contribution in [0.25, 0.3) is 0 Å². The fraction of sp³-hybridized carbons (Fsp3) is 0.316. The number of benzene rings is 2. The Morgan fingerprint density at radius 3 is 2.21 bits per heavy atom. The third kappa shape index (κ3) is 3.61. The van der Waals surface area contributed by atoms with Crippen molar-refractivity contribution in [3.8, 4) is 0 Å². The zero-order chi connectivity index (χ0) is 17.2. The predicted octanol–water partition coefficient (Wildman–Crippen LogP) is 5.33. The second-order valence-corrected chi connectivity index (χ2v) is 6.41. The van der Waals surface area contributed by atoms with Crippen LogP contribution in [0.1, 0.15) is 36.5 Å². The lowest BCUT2D eigenvalue weighted by atomic mass is 9.65. The first-order chi connectivity index (χ1) is 11.4. The van der Waals surface area contributed by atoms with E-state index in [1.807, 2.05) is 18.2 Å². The Morgan fingerprint density at radius 1 is 1.00 bits per heavy atom. The largest absolute Gasteiger partial charge is 0.416 e. The second-order valence-electron chi connectivity index (χ2n) is 6.41. The van der Waals surface area contributed by atoms with Crippen molar-refractivity contribution in [1.82, 2.24) is 0 Å². The second kappa shape index (κ2) is 6.30. The summed E-state index contributed by atoms with van der Waals surface area (Å²) in [6.45, 7) is 2.36. The van der Waals surface area contributed by atoms with Crippen LogP contribution in [-0.2, 0) is 23.0 Å². The van der Waals surface area contributed by atoms with Crippen molar-refractivity contribution in [3.05, 3.63) is 71.3 Å². The Morgan fingerprint density at radius 2 is 1.62 bits per heavy atom. The van der Waals surface area contributed by atoms with Gasteiger partial charge >= 0.3 is 6.18 Å². The summed E-state index contributed by atoms with van der Waals surface area (Å²) in [5.74, 6) is 0. The number of halogens is 3. The van der Waals surface area contributed by atoms with E-state index in [0.717, 1.165) is 30.7 Å². The first kappa shape index (κ1) is 16.6. The van der Waals surface area contributed by atoms with Gasteiger partial charge in [0.25, 0.3) is 0 Å². The number of rotatable bonds is 4. The fourth-order valence-corrected chi connectivity index (χ4v) is 2.95. The summed E-state index contributed by atoms with van der Waals surface area (Å²) in [4.78, 5) is 5.29. The van der Waals surface area contributed by atoms with E-state index in [9.17, 15) is 13.2 Å². The minimum absolute atomic E-state index is 0.0950. The van der Waals surface area contributed by atoms with E-state index in [1.54, 1.807) is 0 Å². The monoisotopic (exact) mass is 333 g/mol. The van der Waals surface area contributed by atoms with Gasteiger partial charge in [-0.25, -0.2) is 0 Å². The number of hydrogen-bond acceptors (Lipinski definition) is 2. The molecule has 2 aromatic rings. The Kier molecular flexibility index (Phi) is 4.35. The lowest BCUT2D eigenvalue weighted by molar-refractivity contribution is -0.137. The molecule has 0 amide bonds. The molecule has 0 aromatic heterocycles. The van der Waals surface area contributed by atoms with E-state index < -0.39 is 11.7 Å². The van der Waals surface area contributed by atoms with Gasteiger partial charge in [0.1, 0.15) is 6.61 Å². The van der Waals surface area contributed by atoms with E-state index in [1.165, 1.54) is 17.7 Å². The van der Waals surface area contributed by atoms with Gasteiger partial charge in [0.15, 0.2) is 0 Å². The van der Waals surface area contributed by atoms with E-state index in [0.29, 0.717) is 5.56 Å². The Bertz CT molecular complexity index is 713. The molecule has 0 heterocycles. The summed E-state index contributed by atoms with van der Waals surface area (Å²) in [6.07, 6.45) is -2.64. The van der Waals surface area contributed by atoms with E-state index in [2.05, 4.69) is 24.2 Å². The molecule has 0 spiro atoms. The van der Waals surface area contributed by atoms with Crippen LogP contribution in [0.15, 0.2) is 59.8 Å². The topological polar surface area (TPSA) is 21.6 Å². The van der Waals surface area contributed by atoms with Crippen molar-refractivity contribution in [2.75, 3.05) is 0 Å². The maximum absolute atomic E-state index is 12.5. The molecule has 0 saturated heterocycles. The van der Waals surface area contributed by atoms with Crippen LogP contribution in [0.4, 0.5) is 13.2 Å². The molecule has 1 aliphatic rings. The molecule has 0 bridgehead atoms. The summed E-state index contributed by atoms with van der Waals surface area (Å²) >= 11 is 0. The van der Waals surface area contributed by atoms with Gasteiger partial charge in [0.05, 0.1) is 11.3 Å². The molecule has 2 nitrogen and oxygen atoms in total. The molecule has 3 rings (SSSR count). The molecule has 0 radical (unpaired) electrons. The van der Waals surface area contributed by atoms with Crippen LogP contribution in [0.5, 0.6) is 0 Å². The summed E-state index contributed by atoms with van der Waals surface area (Å²) in [6, 6.07) is 15.2. The zero-order valence-electron chi connectivity index (χ0n) is 13.3. The number of alkyl halides is 3. The molecule has 0 atom stereocenters. The highest BCUT2D eigenvalue weighted by Crippen LogP contribution is 2.41. The van der Waals surface area contributed by atoms with Gasteiger partial charge in [-0.2, -0.15) is 13.2 Å². The normalized spacial score (nSPS) is 20.4. The minimum atomic E-state index is -4.31. The molecule has 24 heavy (non-hydrogen) atoms. The van der Waals surface area contributed by atoms with Crippen molar-refractivity contribution in [2.24, 2.45) is 5.16 Å². The third-order valence-corrected chi connectivity index (χ3v) is 4.37. The van der Waals surface area contributed by atoms with Crippen molar-refractivity contribution in [3.63, 3.8) is 0 Å². The van der Waals surface area contributed by atoms with Crippen LogP contribution in [-0.4, -0.2) is 5.71 Å². The van der Waals surface area contributed by atoms with Gasteiger partial charge in [-0.3, -0.25) is 0 Å². The van der Waals surface area contributed by atoms with Crippen molar-refractivity contribution in [2.45, 2.75) is 38.0 Å². The Balaban J connectivity index is 1.52. The predicted molar refractivity (Wildman–Crippen MR) is 86.7 cm³/mol. The molecule has 126 valence electrons. The average molecular weight is 333 g/mol. The number of oxime groups is 1. The molecule has 2 aromatic carbocycles.